The second-order valence-corrected chi connectivity index (χ2v) is 4.40. The first-order valence-electron chi connectivity index (χ1n) is 5.80. The lowest BCUT2D eigenvalue weighted by molar-refractivity contribution is -0.141. The molecule has 0 spiro atoms. The number of carbonyl (C=O) groups is 1. The highest BCUT2D eigenvalue weighted by Gasteiger charge is 2.33. The summed E-state index contributed by atoms with van der Waals surface area (Å²) in [6.45, 7) is 0. The van der Waals surface area contributed by atoms with Gasteiger partial charge in [0.1, 0.15) is 11.5 Å². The molecule has 1 aliphatic carbocycles. The third-order valence-corrected chi connectivity index (χ3v) is 3.37. The van der Waals surface area contributed by atoms with Crippen molar-refractivity contribution in [3.05, 3.63) is 35.5 Å². The Hall–Kier alpha value is -1.51. The number of hydrogen-bond donors (Lipinski definition) is 0. The fourth-order valence-electron chi connectivity index (χ4n) is 2.62. The van der Waals surface area contributed by atoms with Crippen LogP contribution in [0.25, 0.3) is 0 Å². The molecule has 2 heterocycles. The number of esters is 1. The van der Waals surface area contributed by atoms with Crippen LogP contribution in [0.1, 0.15) is 43.8 Å². The molecule has 16 heavy (non-hydrogen) atoms. The van der Waals surface area contributed by atoms with Gasteiger partial charge in [0.05, 0.1) is 18.6 Å². The Morgan fingerprint density at radius 3 is 2.94 bits per heavy atom. The van der Waals surface area contributed by atoms with E-state index >= 15 is 0 Å². The molecule has 0 fully saturated rings. The molecule has 1 unspecified atom stereocenters. The summed E-state index contributed by atoms with van der Waals surface area (Å²) in [5, 5.41) is 0. The second-order valence-electron chi connectivity index (χ2n) is 4.40. The second kappa shape index (κ2) is 3.81. The van der Waals surface area contributed by atoms with E-state index in [-0.39, 0.29) is 11.9 Å². The number of furan rings is 1. The summed E-state index contributed by atoms with van der Waals surface area (Å²) in [5.41, 5.74) is 1.28. The van der Waals surface area contributed by atoms with Gasteiger partial charge in [0, 0.05) is 6.42 Å². The third kappa shape index (κ3) is 1.56. The van der Waals surface area contributed by atoms with Crippen LogP contribution in [0.4, 0.5) is 0 Å². The van der Waals surface area contributed by atoms with Crippen molar-refractivity contribution < 1.29 is 13.9 Å². The molecule has 3 heteroatoms. The first-order valence-corrected chi connectivity index (χ1v) is 5.80. The van der Waals surface area contributed by atoms with Crippen LogP contribution in [0.5, 0.6) is 0 Å². The first-order chi connectivity index (χ1) is 7.84. The molecule has 0 saturated heterocycles. The SMILES string of the molecule is O=C1CC(c2ccco2)C2=C(CCCC2)O1. The van der Waals surface area contributed by atoms with E-state index < -0.39 is 0 Å². The summed E-state index contributed by atoms with van der Waals surface area (Å²) < 4.78 is 10.7. The number of ether oxygens (including phenoxy) is 1. The average molecular weight is 218 g/mol. The molecule has 1 aliphatic heterocycles. The fourth-order valence-corrected chi connectivity index (χ4v) is 2.62. The summed E-state index contributed by atoms with van der Waals surface area (Å²) in [5.74, 6) is 1.79. The minimum atomic E-state index is -0.123. The van der Waals surface area contributed by atoms with Crippen LogP contribution >= 0.6 is 0 Å². The number of rotatable bonds is 1. The van der Waals surface area contributed by atoms with Crippen molar-refractivity contribution in [3.8, 4) is 0 Å². The normalized spacial score (nSPS) is 25.2. The highest BCUT2D eigenvalue weighted by atomic mass is 16.5. The minimum absolute atomic E-state index is 0.117. The zero-order valence-electron chi connectivity index (χ0n) is 9.07. The van der Waals surface area contributed by atoms with Crippen molar-refractivity contribution in [1.82, 2.24) is 0 Å². The molecule has 84 valence electrons. The maximum Gasteiger partial charge on any atom is 0.311 e. The van der Waals surface area contributed by atoms with Gasteiger partial charge in [-0.15, -0.1) is 0 Å². The molecule has 3 rings (SSSR count). The van der Waals surface area contributed by atoms with Crippen LogP contribution in [0.2, 0.25) is 0 Å². The summed E-state index contributed by atoms with van der Waals surface area (Å²) in [6.07, 6.45) is 6.33. The fraction of sp³-hybridized carbons (Fsp3) is 0.462. The van der Waals surface area contributed by atoms with E-state index in [1.165, 1.54) is 12.0 Å². The maximum absolute atomic E-state index is 11.5. The Balaban J connectivity index is 2.00. The molecule has 0 amide bonds. The third-order valence-electron chi connectivity index (χ3n) is 3.37. The van der Waals surface area contributed by atoms with Gasteiger partial charge < -0.3 is 9.15 Å². The molecule has 3 nitrogen and oxygen atoms in total. The topological polar surface area (TPSA) is 39.4 Å². The Labute approximate surface area is 94.1 Å². The first kappa shape index (κ1) is 9.70. The van der Waals surface area contributed by atoms with Crippen LogP contribution in [0.3, 0.4) is 0 Å². The number of carbonyl (C=O) groups excluding carboxylic acids is 1. The lowest BCUT2D eigenvalue weighted by Gasteiger charge is -2.29. The van der Waals surface area contributed by atoms with Crippen LogP contribution in [-0.4, -0.2) is 5.97 Å². The lowest BCUT2D eigenvalue weighted by atomic mass is 9.83. The lowest BCUT2D eigenvalue weighted by Crippen LogP contribution is -2.22. The van der Waals surface area contributed by atoms with Crippen molar-refractivity contribution >= 4 is 5.97 Å². The predicted octanol–water partition coefficient (Wildman–Crippen LogP) is 3.14. The monoisotopic (exact) mass is 218 g/mol. The molecule has 1 aromatic heterocycles. The molecule has 0 bridgehead atoms. The van der Waals surface area contributed by atoms with Crippen molar-refractivity contribution in [2.24, 2.45) is 0 Å². The summed E-state index contributed by atoms with van der Waals surface area (Å²) in [7, 11) is 0. The molecule has 0 radical (unpaired) electrons. The molecular weight excluding hydrogens is 204 g/mol. The van der Waals surface area contributed by atoms with E-state index in [2.05, 4.69) is 0 Å². The molecule has 1 atom stereocenters. The van der Waals surface area contributed by atoms with Crippen LogP contribution in [-0.2, 0) is 9.53 Å². The largest absolute Gasteiger partial charge is 0.469 e. The van der Waals surface area contributed by atoms with Gasteiger partial charge in [0.2, 0.25) is 0 Å². The van der Waals surface area contributed by atoms with E-state index in [4.69, 9.17) is 9.15 Å². The summed E-state index contributed by atoms with van der Waals surface area (Å²) >= 11 is 0. The van der Waals surface area contributed by atoms with Crippen molar-refractivity contribution in [2.75, 3.05) is 0 Å². The van der Waals surface area contributed by atoms with Gasteiger partial charge in [-0.3, -0.25) is 4.79 Å². The van der Waals surface area contributed by atoms with E-state index in [1.54, 1.807) is 6.26 Å². The van der Waals surface area contributed by atoms with Gasteiger partial charge in [-0.25, -0.2) is 0 Å². The Morgan fingerprint density at radius 1 is 1.25 bits per heavy atom. The molecule has 0 saturated carbocycles. The molecule has 0 aromatic carbocycles. The van der Waals surface area contributed by atoms with Crippen LogP contribution in [0, 0.1) is 0 Å². The standard InChI is InChI=1S/C13H14O3/c14-13-8-10(11-6-3-7-15-11)9-4-1-2-5-12(9)16-13/h3,6-7,10H,1-2,4-5,8H2. The van der Waals surface area contributed by atoms with E-state index in [0.29, 0.717) is 6.42 Å². The Morgan fingerprint density at radius 2 is 2.12 bits per heavy atom. The quantitative estimate of drug-likeness (QED) is 0.680. The smallest absolute Gasteiger partial charge is 0.311 e. The minimum Gasteiger partial charge on any atom is -0.469 e. The van der Waals surface area contributed by atoms with E-state index in [0.717, 1.165) is 30.8 Å². The molecular formula is C13H14O3. The zero-order chi connectivity index (χ0) is 11.0. The van der Waals surface area contributed by atoms with Crippen LogP contribution in [0.15, 0.2) is 34.1 Å². The average Bonchev–Trinajstić information content (AvgIpc) is 2.81. The highest BCUT2D eigenvalue weighted by molar-refractivity contribution is 5.74. The van der Waals surface area contributed by atoms with Gasteiger partial charge in [-0.2, -0.15) is 0 Å². The van der Waals surface area contributed by atoms with E-state index in [1.807, 2.05) is 12.1 Å². The van der Waals surface area contributed by atoms with Crippen molar-refractivity contribution in [2.45, 2.75) is 38.0 Å². The predicted molar refractivity (Wildman–Crippen MR) is 57.7 cm³/mol. The maximum atomic E-state index is 11.5. The van der Waals surface area contributed by atoms with Gasteiger partial charge in [0.25, 0.3) is 0 Å². The number of allylic oxidation sites excluding steroid dienone is 2. The van der Waals surface area contributed by atoms with Gasteiger partial charge in [-0.1, -0.05) is 0 Å². The summed E-state index contributed by atoms with van der Waals surface area (Å²) in [4.78, 5) is 11.5. The van der Waals surface area contributed by atoms with Crippen LogP contribution < -0.4 is 0 Å². The molecule has 1 aromatic rings. The van der Waals surface area contributed by atoms with E-state index in [9.17, 15) is 4.79 Å². The van der Waals surface area contributed by atoms with Crippen molar-refractivity contribution in [1.29, 1.82) is 0 Å². The Bertz CT molecular complexity index is 428. The zero-order valence-corrected chi connectivity index (χ0v) is 9.07. The number of hydrogen-bond acceptors (Lipinski definition) is 3. The van der Waals surface area contributed by atoms with Gasteiger partial charge >= 0.3 is 5.97 Å². The van der Waals surface area contributed by atoms with Gasteiger partial charge in [0.15, 0.2) is 0 Å². The molecule has 0 N–H and O–H groups in total. The summed E-state index contributed by atoms with van der Waals surface area (Å²) in [6, 6.07) is 3.82. The highest BCUT2D eigenvalue weighted by Crippen LogP contribution is 2.41. The van der Waals surface area contributed by atoms with Gasteiger partial charge in [-0.05, 0) is 37.0 Å². The molecule has 2 aliphatic rings. The Kier molecular flexibility index (Phi) is 2.31. The van der Waals surface area contributed by atoms with Crippen molar-refractivity contribution in [3.63, 3.8) is 0 Å².